The van der Waals surface area contributed by atoms with Crippen LogP contribution in [0, 0.1) is 17.7 Å². The molecule has 1 atom stereocenters. The van der Waals surface area contributed by atoms with Crippen molar-refractivity contribution < 1.29 is 23.5 Å². The van der Waals surface area contributed by atoms with Crippen LogP contribution in [0.4, 0.5) is 4.39 Å². The van der Waals surface area contributed by atoms with Crippen LogP contribution in [0.1, 0.15) is 30.8 Å². The van der Waals surface area contributed by atoms with Crippen LogP contribution in [0.3, 0.4) is 0 Å². The number of carboxylic acid groups (broad SMARTS) is 1. The Morgan fingerprint density at radius 2 is 1.92 bits per heavy atom. The Morgan fingerprint density at radius 3 is 2.54 bits per heavy atom. The zero-order chi connectivity index (χ0) is 17.7. The lowest BCUT2D eigenvalue weighted by Crippen LogP contribution is -2.33. The van der Waals surface area contributed by atoms with Gasteiger partial charge in [0.25, 0.3) is 5.91 Å². The number of halogens is 1. The highest BCUT2D eigenvalue weighted by Gasteiger charge is 2.21. The minimum absolute atomic E-state index is 0.0157. The van der Waals surface area contributed by atoms with Gasteiger partial charge in [0.15, 0.2) is 5.76 Å². The van der Waals surface area contributed by atoms with Crippen molar-refractivity contribution >= 4 is 11.9 Å². The van der Waals surface area contributed by atoms with Crippen LogP contribution in [0.25, 0.3) is 11.3 Å². The third-order valence-corrected chi connectivity index (χ3v) is 3.58. The molecule has 0 saturated heterocycles. The number of amides is 1. The second-order valence-electron chi connectivity index (χ2n) is 6.02. The van der Waals surface area contributed by atoms with E-state index in [0.717, 1.165) is 0 Å². The maximum absolute atomic E-state index is 13.7. The summed E-state index contributed by atoms with van der Waals surface area (Å²) in [6, 6.07) is 9.05. The number of hydrogen-bond donors (Lipinski definition) is 2. The highest BCUT2D eigenvalue weighted by molar-refractivity contribution is 5.92. The number of carbonyl (C=O) groups excluding carboxylic acids is 1. The molecule has 1 unspecified atom stereocenters. The maximum Gasteiger partial charge on any atom is 0.308 e. The van der Waals surface area contributed by atoms with Crippen LogP contribution < -0.4 is 5.32 Å². The lowest BCUT2D eigenvalue weighted by Gasteiger charge is -2.14. The summed E-state index contributed by atoms with van der Waals surface area (Å²) in [6.45, 7) is 3.86. The standard InChI is InChI=1S/C18H20FNO4/c1-11(2)9-12(18(22)23)10-20-17(21)16-8-7-15(24-16)13-5-3-4-6-14(13)19/h3-8,11-12H,9-10H2,1-2H3,(H,20,21)(H,22,23). The smallest absolute Gasteiger partial charge is 0.308 e. The Hall–Kier alpha value is -2.63. The van der Waals surface area contributed by atoms with Gasteiger partial charge in [-0.05, 0) is 36.6 Å². The van der Waals surface area contributed by atoms with Gasteiger partial charge in [-0.1, -0.05) is 26.0 Å². The molecule has 0 radical (unpaired) electrons. The molecule has 0 aliphatic rings. The summed E-state index contributed by atoms with van der Waals surface area (Å²) in [4.78, 5) is 23.3. The van der Waals surface area contributed by atoms with E-state index in [2.05, 4.69) is 5.32 Å². The summed E-state index contributed by atoms with van der Waals surface area (Å²) in [5.74, 6) is -2.10. The molecule has 0 spiro atoms. The lowest BCUT2D eigenvalue weighted by molar-refractivity contribution is -0.142. The summed E-state index contributed by atoms with van der Waals surface area (Å²) in [5, 5.41) is 11.7. The highest BCUT2D eigenvalue weighted by Crippen LogP contribution is 2.24. The van der Waals surface area contributed by atoms with Gasteiger partial charge < -0.3 is 14.8 Å². The summed E-state index contributed by atoms with van der Waals surface area (Å²) < 4.78 is 19.1. The molecular formula is C18H20FNO4. The topological polar surface area (TPSA) is 79.5 Å². The molecule has 1 heterocycles. The first kappa shape index (κ1) is 17.7. The van der Waals surface area contributed by atoms with E-state index >= 15 is 0 Å². The van der Waals surface area contributed by atoms with E-state index in [4.69, 9.17) is 4.42 Å². The summed E-state index contributed by atoms with van der Waals surface area (Å²) in [6.07, 6.45) is 0.467. The number of furan rings is 1. The number of benzene rings is 1. The van der Waals surface area contributed by atoms with Gasteiger partial charge in [-0.15, -0.1) is 0 Å². The van der Waals surface area contributed by atoms with Crippen molar-refractivity contribution in [1.82, 2.24) is 5.32 Å². The third kappa shape index (κ3) is 4.44. The van der Waals surface area contributed by atoms with Crippen LogP contribution in [0.5, 0.6) is 0 Å². The van der Waals surface area contributed by atoms with E-state index in [1.165, 1.54) is 18.2 Å². The zero-order valence-corrected chi connectivity index (χ0v) is 13.6. The predicted octanol–water partition coefficient (Wildman–Crippen LogP) is 3.56. The van der Waals surface area contributed by atoms with E-state index in [1.807, 2.05) is 13.8 Å². The molecule has 5 nitrogen and oxygen atoms in total. The number of hydrogen-bond acceptors (Lipinski definition) is 3. The van der Waals surface area contributed by atoms with Gasteiger partial charge in [-0.25, -0.2) is 4.39 Å². The van der Waals surface area contributed by atoms with E-state index in [1.54, 1.807) is 18.2 Å². The largest absolute Gasteiger partial charge is 0.481 e. The van der Waals surface area contributed by atoms with Crippen LogP contribution >= 0.6 is 0 Å². The van der Waals surface area contributed by atoms with Crippen LogP contribution in [-0.4, -0.2) is 23.5 Å². The average molecular weight is 333 g/mol. The molecular weight excluding hydrogens is 313 g/mol. The SMILES string of the molecule is CC(C)CC(CNC(=O)c1ccc(-c2ccccc2F)o1)C(=O)O. The van der Waals surface area contributed by atoms with Crippen LogP contribution in [0.15, 0.2) is 40.8 Å². The zero-order valence-electron chi connectivity index (χ0n) is 13.6. The van der Waals surface area contributed by atoms with Crippen molar-refractivity contribution in [3.8, 4) is 11.3 Å². The van der Waals surface area contributed by atoms with Crippen LogP contribution in [-0.2, 0) is 4.79 Å². The normalized spacial score (nSPS) is 12.2. The fourth-order valence-corrected chi connectivity index (χ4v) is 2.41. The predicted molar refractivity (Wildman–Crippen MR) is 87.0 cm³/mol. The molecule has 0 aliphatic carbocycles. The molecule has 2 aromatic rings. The molecule has 0 aliphatic heterocycles. The first-order valence-corrected chi connectivity index (χ1v) is 7.74. The first-order chi connectivity index (χ1) is 11.4. The van der Waals surface area contributed by atoms with Crippen molar-refractivity contribution in [2.45, 2.75) is 20.3 Å². The third-order valence-electron chi connectivity index (χ3n) is 3.58. The van der Waals surface area contributed by atoms with Crippen molar-refractivity contribution in [2.24, 2.45) is 11.8 Å². The van der Waals surface area contributed by atoms with E-state index in [-0.39, 0.29) is 29.5 Å². The monoisotopic (exact) mass is 333 g/mol. The first-order valence-electron chi connectivity index (χ1n) is 7.74. The van der Waals surface area contributed by atoms with E-state index in [0.29, 0.717) is 6.42 Å². The second-order valence-corrected chi connectivity index (χ2v) is 6.02. The van der Waals surface area contributed by atoms with Gasteiger partial charge in [0.2, 0.25) is 0 Å². The van der Waals surface area contributed by atoms with Crippen molar-refractivity contribution in [2.75, 3.05) is 6.54 Å². The molecule has 2 rings (SSSR count). The Bertz CT molecular complexity index is 723. The molecule has 0 fully saturated rings. The Morgan fingerprint density at radius 1 is 1.21 bits per heavy atom. The molecule has 1 amide bonds. The Kier molecular flexibility index (Phi) is 5.73. The fraction of sp³-hybridized carbons (Fsp3) is 0.333. The fourth-order valence-electron chi connectivity index (χ4n) is 2.41. The van der Waals surface area contributed by atoms with E-state index in [9.17, 15) is 19.1 Å². The summed E-state index contributed by atoms with van der Waals surface area (Å²) in [7, 11) is 0. The van der Waals surface area contributed by atoms with Gasteiger partial charge in [0.1, 0.15) is 11.6 Å². The van der Waals surface area contributed by atoms with Crippen molar-refractivity contribution in [3.05, 3.63) is 48.0 Å². The quantitative estimate of drug-likeness (QED) is 0.812. The van der Waals surface area contributed by atoms with Gasteiger partial charge in [0, 0.05) is 6.54 Å². The molecule has 128 valence electrons. The van der Waals surface area contributed by atoms with Gasteiger partial charge >= 0.3 is 5.97 Å². The number of rotatable bonds is 7. The molecule has 0 saturated carbocycles. The average Bonchev–Trinajstić information content (AvgIpc) is 3.00. The highest BCUT2D eigenvalue weighted by atomic mass is 19.1. The number of nitrogens with one attached hydrogen (secondary N) is 1. The Labute approximate surface area is 139 Å². The molecule has 0 bridgehead atoms. The minimum atomic E-state index is -0.949. The maximum atomic E-state index is 13.7. The second kappa shape index (κ2) is 7.77. The summed E-state index contributed by atoms with van der Waals surface area (Å²) >= 11 is 0. The molecule has 24 heavy (non-hydrogen) atoms. The molecule has 1 aromatic heterocycles. The molecule has 1 aromatic carbocycles. The lowest BCUT2D eigenvalue weighted by atomic mass is 9.97. The summed E-state index contributed by atoms with van der Waals surface area (Å²) in [5.41, 5.74) is 0.264. The van der Waals surface area contributed by atoms with Crippen LogP contribution in [0.2, 0.25) is 0 Å². The number of carbonyl (C=O) groups is 2. The van der Waals surface area contributed by atoms with Crippen molar-refractivity contribution in [3.63, 3.8) is 0 Å². The van der Waals surface area contributed by atoms with Gasteiger partial charge in [-0.2, -0.15) is 0 Å². The number of carboxylic acids is 1. The Balaban J connectivity index is 2.03. The number of aliphatic carboxylic acids is 1. The minimum Gasteiger partial charge on any atom is -0.481 e. The van der Waals surface area contributed by atoms with Gasteiger partial charge in [-0.3, -0.25) is 9.59 Å². The molecule has 2 N–H and O–H groups in total. The van der Waals surface area contributed by atoms with Crippen molar-refractivity contribution in [1.29, 1.82) is 0 Å². The van der Waals surface area contributed by atoms with E-state index < -0.39 is 23.6 Å². The van der Waals surface area contributed by atoms with Gasteiger partial charge in [0.05, 0.1) is 11.5 Å². The molecule has 6 heteroatoms.